The zero-order chi connectivity index (χ0) is 60.1. The Labute approximate surface area is 502 Å². The molecule has 2 heterocycles. The normalized spacial score (nSPS) is 24.2. The van der Waals surface area contributed by atoms with E-state index >= 15 is 0 Å². The summed E-state index contributed by atoms with van der Waals surface area (Å²) in [6, 6.07) is 0. The highest BCUT2D eigenvalue weighted by Crippen LogP contribution is 2.27. The first-order valence-electron chi connectivity index (χ1n) is 32.5. The van der Waals surface area contributed by atoms with Gasteiger partial charge in [-0.25, -0.2) is 0 Å². The lowest BCUT2D eigenvalue weighted by Crippen LogP contribution is -2.61. The molecule has 0 amide bonds. The fourth-order valence-electron chi connectivity index (χ4n) is 9.66. The van der Waals surface area contributed by atoms with Crippen molar-refractivity contribution in [1.29, 1.82) is 0 Å². The zero-order valence-electron chi connectivity index (χ0n) is 51.4. The number of hydrogen-bond acceptors (Lipinski definition) is 14. The van der Waals surface area contributed by atoms with Gasteiger partial charge in [0, 0.05) is 13.0 Å². The third-order valence-corrected chi connectivity index (χ3v) is 14.8. The molecule has 11 unspecified atom stereocenters. The molecule has 83 heavy (non-hydrogen) atoms. The van der Waals surface area contributed by atoms with Crippen molar-refractivity contribution in [3.63, 3.8) is 0 Å². The summed E-state index contributed by atoms with van der Waals surface area (Å²) in [6.45, 7) is 3.45. The van der Waals surface area contributed by atoms with E-state index < -0.39 is 80.7 Å². The fraction of sp³-hybridized carbons (Fsp3) is 0.725. The minimum absolute atomic E-state index is 0.0489. The van der Waals surface area contributed by atoms with E-state index in [1.165, 1.54) is 83.5 Å². The van der Waals surface area contributed by atoms with E-state index in [-0.39, 0.29) is 25.6 Å². The van der Waals surface area contributed by atoms with Crippen LogP contribution >= 0.6 is 0 Å². The number of unbranched alkanes of at least 4 members (excludes halogenated alkanes) is 20. The standard InChI is InChI=1S/C69H116O14/c1-3-5-7-9-11-13-15-17-19-21-23-25-27-29-30-32-34-36-38-40-42-44-46-48-50-52-61(71)81-58(56-79-68-67(77)65(75)63(73)60(83-68)57-80-69-66(76)64(74)62(72)59(54-70)82-69)55-78-53-51-49-47-45-43-41-39-37-35-33-31-28-26-24-22-20-18-16-14-12-10-8-6-4-2/h5-8,11-14,17-20,23-26,31,33,58-60,62-70,72-77H,3-4,9-10,15-16,21-22,27-30,32,34-57H2,1-2H3/b7-5-,8-6-,13-11-,14-12-,19-17-,20-18-,25-23-,26-24-,33-31-. The molecule has 2 fully saturated rings. The van der Waals surface area contributed by atoms with Crippen molar-refractivity contribution in [3.8, 4) is 0 Å². The fourth-order valence-corrected chi connectivity index (χ4v) is 9.66. The summed E-state index contributed by atoms with van der Waals surface area (Å²) in [7, 11) is 0. The van der Waals surface area contributed by atoms with Gasteiger partial charge in [0.2, 0.25) is 0 Å². The van der Waals surface area contributed by atoms with E-state index in [4.69, 9.17) is 28.4 Å². The van der Waals surface area contributed by atoms with E-state index in [1.807, 2.05) is 0 Å². The molecule has 0 aliphatic carbocycles. The Hall–Kier alpha value is -3.35. The third kappa shape index (κ3) is 39.9. The molecule has 14 heteroatoms. The lowest BCUT2D eigenvalue weighted by Gasteiger charge is -2.42. The van der Waals surface area contributed by atoms with Gasteiger partial charge in [-0.1, -0.05) is 226 Å². The van der Waals surface area contributed by atoms with Crippen LogP contribution in [0, 0.1) is 0 Å². The highest BCUT2D eigenvalue weighted by molar-refractivity contribution is 5.69. The summed E-state index contributed by atoms with van der Waals surface area (Å²) < 4.78 is 34.5. The van der Waals surface area contributed by atoms with Gasteiger partial charge < -0.3 is 64.2 Å². The van der Waals surface area contributed by atoms with Crippen LogP contribution in [0.15, 0.2) is 109 Å². The molecule has 2 rings (SSSR count). The van der Waals surface area contributed by atoms with Gasteiger partial charge >= 0.3 is 5.97 Å². The number of aliphatic hydroxyl groups is 7. The zero-order valence-corrected chi connectivity index (χ0v) is 51.4. The van der Waals surface area contributed by atoms with Crippen LogP contribution in [0.25, 0.3) is 0 Å². The average molecular weight is 1170 g/mol. The molecule has 476 valence electrons. The molecule has 2 saturated heterocycles. The molecule has 0 aromatic rings. The maximum absolute atomic E-state index is 13.1. The van der Waals surface area contributed by atoms with Crippen molar-refractivity contribution < 1.29 is 69.0 Å². The lowest BCUT2D eigenvalue weighted by atomic mass is 9.98. The van der Waals surface area contributed by atoms with Gasteiger partial charge in [0.15, 0.2) is 12.6 Å². The van der Waals surface area contributed by atoms with Crippen LogP contribution < -0.4 is 0 Å². The van der Waals surface area contributed by atoms with E-state index in [0.717, 1.165) is 109 Å². The quantitative estimate of drug-likeness (QED) is 0.0172. The van der Waals surface area contributed by atoms with Crippen LogP contribution in [-0.2, 0) is 33.2 Å². The predicted octanol–water partition coefficient (Wildman–Crippen LogP) is 13.1. The lowest BCUT2D eigenvalue weighted by molar-refractivity contribution is -0.332. The van der Waals surface area contributed by atoms with Gasteiger partial charge in [0.1, 0.15) is 54.9 Å². The molecule has 0 bridgehead atoms. The van der Waals surface area contributed by atoms with E-state index in [0.29, 0.717) is 13.0 Å². The van der Waals surface area contributed by atoms with Crippen LogP contribution in [0.4, 0.5) is 0 Å². The monoisotopic (exact) mass is 1170 g/mol. The van der Waals surface area contributed by atoms with Gasteiger partial charge in [0.05, 0.1) is 26.4 Å². The number of carbonyl (C=O) groups excluding carboxylic acids is 1. The van der Waals surface area contributed by atoms with E-state index in [1.54, 1.807) is 0 Å². The van der Waals surface area contributed by atoms with Gasteiger partial charge in [-0.05, 0) is 96.3 Å². The number of aliphatic hydroxyl groups excluding tert-OH is 7. The highest BCUT2D eigenvalue weighted by atomic mass is 16.7. The minimum Gasteiger partial charge on any atom is -0.457 e. The molecule has 0 saturated carbocycles. The first-order chi connectivity index (χ1) is 40.6. The average Bonchev–Trinajstić information content (AvgIpc) is 3.67. The maximum atomic E-state index is 13.1. The van der Waals surface area contributed by atoms with Gasteiger partial charge in [-0.2, -0.15) is 0 Å². The Bertz CT molecular complexity index is 1790. The van der Waals surface area contributed by atoms with Crippen molar-refractivity contribution in [1.82, 2.24) is 0 Å². The van der Waals surface area contributed by atoms with Crippen molar-refractivity contribution in [2.45, 2.75) is 287 Å². The molecule has 2 aliphatic rings. The summed E-state index contributed by atoms with van der Waals surface area (Å²) >= 11 is 0. The Morgan fingerprint density at radius 1 is 0.398 bits per heavy atom. The summed E-state index contributed by atoms with van der Waals surface area (Å²) in [5, 5.41) is 72.6. The molecule has 7 N–H and O–H groups in total. The summed E-state index contributed by atoms with van der Waals surface area (Å²) in [5.74, 6) is -0.384. The third-order valence-electron chi connectivity index (χ3n) is 14.8. The van der Waals surface area contributed by atoms with Crippen molar-refractivity contribution >= 4 is 5.97 Å². The first-order valence-corrected chi connectivity index (χ1v) is 32.5. The molecular formula is C69H116O14. The van der Waals surface area contributed by atoms with Crippen molar-refractivity contribution in [2.24, 2.45) is 0 Å². The molecule has 0 radical (unpaired) electrons. The van der Waals surface area contributed by atoms with Gasteiger partial charge in [0.25, 0.3) is 0 Å². The summed E-state index contributed by atoms with van der Waals surface area (Å²) in [5.41, 5.74) is 0. The maximum Gasteiger partial charge on any atom is 0.306 e. The van der Waals surface area contributed by atoms with Crippen LogP contribution in [0.5, 0.6) is 0 Å². The van der Waals surface area contributed by atoms with Gasteiger partial charge in [-0.3, -0.25) is 4.79 Å². The molecule has 2 aliphatic heterocycles. The summed E-state index contributed by atoms with van der Waals surface area (Å²) in [6.07, 6.45) is 58.6. The van der Waals surface area contributed by atoms with Crippen molar-refractivity contribution in [2.75, 3.05) is 33.0 Å². The number of carbonyl (C=O) groups is 1. The Kier molecular flexibility index (Phi) is 49.3. The number of hydrogen-bond donors (Lipinski definition) is 7. The van der Waals surface area contributed by atoms with E-state index in [9.17, 15) is 40.5 Å². The second-order valence-electron chi connectivity index (χ2n) is 22.2. The van der Waals surface area contributed by atoms with E-state index in [2.05, 4.69) is 123 Å². The predicted molar refractivity (Wildman–Crippen MR) is 334 cm³/mol. The number of rotatable bonds is 52. The Morgan fingerprint density at radius 3 is 1.17 bits per heavy atom. The minimum atomic E-state index is -1.72. The first kappa shape index (κ1) is 75.7. The van der Waals surface area contributed by atoms with Crippen molar-refractivity contribution in [3.05, 3.63) is 109 Å². The number of esters is 1. The Morgan fingerprint density at radius 2 is 0.747 bits per heavy atom. The number of allylic oxidation sites excluding steroid dienone is 18. The summed E-state index contributed by atoms with van der Waals surface area (Å²) in [4.78, 5) is 13.1. The largest absolute Gasteiger partial charge is 0.457 e. The Balaban J connectivity index is 1.68. The molecule has 11 atom stereocenters. The topological polar surface area (TPSA) is 214 Å². The molecular weight excluding hydrogens is 1050 g/mol. The van der Waals surface area contributed by atoms with Crippen LogP contribution in [-0.4, -0.2) is 142 Å². The van der Waals surface area contributed by atoms with Crippen LogP contribution in [0.1, 0.15) is 219 Å². The smallest absolute Gasteiger partial charge is 0.306 e. The molecule has 14 nitrogen and oxygen atoms in total. The second-order valence-corrected chi connectivity index (χ2v) is 22.2. The van der Waals surface area contributed by atoms with Crippen LogP contribution in [0.2, 0.25) is 0 Å². The molecule has 0 spiro atoms. The second kappa shape index (κ2) is 54.1. The highest BCUT2D eigenvalue weighted by Gasteiger charge is 2.47. The molecule has 0 aromatic carbocycles. The van der Waals surface area contributed by atoms with Crippen LogP contribution in [0.3, 0.4) is 0 Å². The number of ether oxygens (including phenoxy) is 6. The molecule has 0 aromatic heterocycles. The SMILES string of the molecule is CC/C=C\C/C=C\C/C=C\C/C=C\C/C=C\CCCCCCCCCCOCC(COC1OC(COC2OC(CO)C(O)C(O)C2O)C(O)C(O)C1O)OC(=O)CCCCCCCCCCCCCC/C=C\C/C=C\C/C=C\C/C=C\CC. The van der Waals surface area contributed by atoms with Gasteiger partial charge in [-0.15, -0.1) is 0 Å².